The first kappa shape index (κ1) is 20.9. The predicted octanol–water partition coefficient (Wildman–Crippen LogP) is 5.45. The minimum Gasteiger partial charge on any atom is -0.338 e. The first-order valence-electron chi connectivity index (χ1n) is 10.3. The van der Waals surface area contributed by atoms with E-state index in [0.717, 1.165) is 35.2 Å². The van der Waals surface area contributed by atoms with Gasteiger partial charge in [-0.2, -0.15) is 0 Å². The van der Waals surface area contributed by atoms with E-state index >= 15 is 0 Å². The van der Waals surface area contributed by atoms with Gasteiger partial charge in [-0.3, -0.25) is 4.79 Å². The maximum absolute atomic E-state index is 12.3. The molecule has 1 aliphatic heterocycles. The highest BCUT2D eigenvalue weighted by Crippen LogP contribution is 2.25. The number of nitrogens with one attached hydrogen (secondary N) is 2. The molecule has 4 rings (SSSR count). The Kier molecular flexibility index (Phi) is 6.53. The summed E-state index contributed by atoms with van der Waals surface area (Å²) in [6.45, 7) is 1.89. The van der Waals surface area contributed by atoms with Crippen molar-refractivity contribution in [3.8, 4) is 11.1 Å². The number of nitrogens with zero attached hydrogens (tertiary/aromatic N) is 1. The number of carbonyl (C=O) groups is 2. The molecule has 0 bridgehead atoms. The first-order valence-corrected chi connectivity index (χ1v) is 10.7. The quantitative estimate of drug-likeness (QED) is 0.542. The molecule has 5 nitrogen and oxygen atoms in total. The van der Waals surface area contributed by atoms with E-state index in [9.17, 15) is 9.59 Å². The van der Waals surface area contributed by atoms with Crippen LogP contribution in [0.2, 0.25) is 5.02 Å². The lowest BCUT2D eigenvalue weighted by atomic mass is 9.98. The first-order chi connectivity index (χ1) is 15.1. The lowest BCUT2D eigenvalue weighted by Gasteiger charge is -2.16. The average Bonchev–Trinajstić information content (AvgIpc) is 3.17. The Balaban J connectivity index is 1.41. The molecule has 158 valence electrons. The highest BCUT2D eigenvalue weighted by atomic mass is 35.5. The van der Waals surface area contributed by atoms with Gasteiger partial charge >= 0.3 is 6.03 Å². The molecule has 3 amide bonds. The summed E-state index contributed by atoms with van der Waals surface area (Å²) in [7, 11) is 0. The molecule has 3 aromatic carbocycles. The van der Waals surface area contributed by atoms with Gasteiger partial charge in [0.25, 0.3) is 0 Å². The van der Waals surface area contributed by atoms with Gasteiger partial charge in [0.05, 0.1) is 0 Å². The maximum Gasteiger partial charge on any atom is 0.319 e. The average molecular weight is 434 g/mol. The van der Waals surface area contributed by atoms with Crippen LogP contribution in [-0.4, -0.2) is 23.4 Å². The lowest BCUT2D eigenvalue weighted by molar-refractivity contribution is -0.128. The highest BCUT2D eigenvalue weighted by Gasteiger charge is 2.19. The third-order valence-electron chi connectivity index (χ3n) is 5.35. The second-order valence-corrected chi connectivity index (χ2v) is 8.03. The Bertz CT molecular complexity index is 1080. The summed E-state index contributed by atoms with van der Waals surface area (Å²) in [5, 5.41) is 6.27. The normalized spacial score (nSPS) is 13.3. The van der Waals surface area contributed by atoms with E-state index in [-0.39, 0.29) is 11.9 Å². The Labute approximate surface area is 187 Å². The number of amides is 3. The topological polar surface area (TPSA) is 61.4 Å². The van der Waals surface area contributed by atoms with Crippen LogP contribution in [0.4, 0.5) is 10.5 Å². The predicted molar refractivity (Wildman–Crippen MR) is 124 cm³/mol. The van der Waals surface area contributed by atoms with Gasteiger partial charge in [0, 0.05) is 36.8 Å². The molecule has 0 aromatic heterocycles. The third kappa shape index (κ3) is 5.44. The van der Waals surface area contributed by atoms with Crippen molar-refractivity contribution in [2.45, 2.75) is 25.9 Å². The number of urea groups is 1. The third-order valence-corrected chi connectivity index (χ3v) is 5.58. The number of rotatable bonds is 6. The summed E-state index contributed by atoms with van der Waals surface area (Å²) in [4.78, 5) is 26.0. The highest BCUT2D eigenvalue weighted by molar-refractivity contribution is 6.30. The summed E-state index contributed by atoms with van der Waals surface area (Å²) < 4.78 is 0. The van der Waals surface area contributed by atoms with E-state index < -0.39 is 0 Å². The van der Waals surface area contributed by atoms with Crippen LogP contribution in [-0.2, 0) is 17.9 Å². The van der Waals surface area contributed by atoms with Crippen molar-refractivity contribution < 1.29 is 9.59 Å². The van der Waals surface area contributed by atoms with Gasteiger partial charge in [0.2, 0.25) is 5.91 Å². The summed E-state index contributed by atoms with van der Waals surface area (Å²) >= 11 is 5.96. The molecule has 0 spiro atoms. The Morgan fingerprint density at radius 3 is 2.55 bits per heavy atom. The molecule has 0 atom stereocenters. The number of carbonyl (C=O) groups excluding carboxylic acids is 2. The fourth-order valence-electron chi connectivity index (χ4n) is 3.75. The zero-order valence-electron chi connectivity index (χ0n) is 17.1. The van der Waals surface area contributed by atoms with E-state index in [2.05, 4.69) is 34.9 Å². The van der Waals surface area contributed by atoms with Crippen LogP contribution >= 0.6 is 11.6 Å². The SMILES string of the molecule is O=C(NCc1ccccc1-c1ccc(CN2CCCC2=O)cc1)Nc1cccc(Cl)c1. The second kappa shape index (κ2) is 9.67. The van der Waals surface area contributed by atoms with Gasteiger partial charge in [0.15, 0.2) is 0 Å². The molecule has 0 unspecified atom stereocenters. The van der Waals surface area contributed by atoms with Gasteiger partial charge in [-0.25, -0.2) is 4.79 Å². The zero-order chi connectivity index (χ0) is 21.6. The minimum absolute atomic E-state index is 0.233. The van der Waals surface area contributed by atoms with E-state index in [1.54, 1.807) is 24.3 Å². The van der Waals surface area contributed by atoms with Crippen LogP contribution in [0.25, 0.3) is 11.1 Å². The number of anilines is 1. The van der Waals surface area contributed by atoms with Gasteiger partial charge in [-0.05, 0) is 46.9 Å². The van der Waals surface area contributed by atoms with Crippen molar-refractivity contribution >= 4 is 29.2 Å². The monoisotopic (exact) mass is 433 g/mol. The van der Waals surface area contributed by atoms with Crippen molar-refractivity contribution in [1.29, 1.82) is 0 Å². The van der Waals surface area contributed by atoms with Gasteiger partial charge < -0.3 is 15.5 Å². The van der Waals surface area contributed by atoms with Crippen molar-refractivity contribution in [2.75, 3.05) is 11.9 Å². The van der Waals surface area contributed by atoms with Gasteiger partial charge in [0.1, 0.15) is 0 Å². The summed E-state index contributed by atoms with van der Waals surface area (Å²) in [6, 6.07) is 23.0. The molecule has 0 saturated carbocycles. The largest absolute Gasteiger partial charge is 0.338 e. The fourth-order valence-corrected chi connectivity index (χ4v) is 3.94. The van der Waals surface area contributed by atoms with Gasteiger partial charge in [-0.15, -0.1) is 0 Å². The number of hydrogen-bond donors (Lipinski definition) is 2. The summed E-state index contributed by atoms with van der Waals surface area (Å²) in [5.41, 5.74) is 4.92. The molecule has 31 heavy (non-hydrogen) atoms. The molecule has 2 N–H and O–H groups in total. The fraction of sp³-hybridized carbons (Fsp3) is 0.200. The Morgan fingerprint density at radius 2 is 1.81 bits per heavy atom. The van der Waals surface area contributed by atoms with Crippen LogP contribution in [0.15, 0.2) is 72.8 Å². The molecule has 1 saturated heterocycles. The van der Waals surface area contributed by atoms with Crippen LogP contribution in [0, 0.1) is 0 Å². The molecular formula is C25H24ClN3O2. The van der Waals surface area contributed by atoms with Crippen molar-refractivity contribution in [2.24, 2.45) is 0 Å². The molecule has 1 aliphatic rings. The minimum atomic E-state index is -0.289. The lowest BCUT2D eigenvalue weighted by Crippen LogP contribution is -2.28. The standard InChI is InChI=1S/C25H24ClN3O2/c26-21-6-3-7-22(15-21)28-25(31)27-16-20-5-1-2-8-23(20)19-12-10-18(11-13-19)17-29-14-4-9-24(29)30/h1-3,5-8,10-13,15H,4,9,14,16-17H2,(H2,27,28,31). The zero-order valence-corrected chi connectivity index (χ0v) is 17.9. The van der Waals surface area contributed by atoms with E-state index in [4.69, 9.17) is 11.6 Å². The molecule has 0 radical (unpaired) electrons. The maximum atomic E-state index is 12.3. The number of halogens is 1. The molecule has 3 aromatic rings. The van der Waals surface area contributed by atoms with E-state index in [0.29, 0.717) is 30.2 Å². The van der Waals surface area contributed by atoms with Crippen LogP contribution in [0.1, 0.15) is 24.0 Å². The van der Waals surface area contributed by atoms with E-state index in [1.807, 2.05) is 29.2 Å². The van der Waals surface area contributed by atoms with Crippen molar-refractivity contribution in [3.05, 3.63) is 88.9 Å². The smallest absolute Gasteiger partial charge is 0.319 e. The molecule has 0 aliphatic carbocycles. The van der Waals surface area contributed by atoms with Crippen molar-refractivity contribution in [3.63, 3.8) is 0 Å². The Morgan fingerprint density at radius 1 is 1.00 bits per heavy atom. The molecule has 6 heteroatoms. The van der Waals surface area contributed by atoms with Crippen LogP contribution < -0.4 is 10.6 Å². The summed E-state index contributed by atoms with van der Waals surface area (Å²) in [5.74, 6) is 0.233. The van der Waals surface area contributed by atoms with Crippen LogP contribution in [0.5, 0.6) is 0 Å². The second-order valence-electron chi connectivity index (χ2n) is 7.59. The van der Waals surface area contributed by atoms with Gasteiger partial charge in [-0.1, -0.05) is 66.2 Å². The Hall–Kier alpha value is -3.31. The number of likely N-dealkylation sites (tertiary alicyclic amines) is 1. The number of benzene rings is 3. The van der Waals surface area contributed by atoms with Crippen molar-refractivity contribution in [1.82, 2.24) is 10.2 Å². The molecular weight excluding hydrogens is 410 g/mol. The van der Waals surface area contributed by atoms with E-state index in [1.165, 1.54) is 0 Å². The molecule has 1 heterocycles. The number of hydrogen-bond acceptors (Lipinski definition) is 2. The summed E-state index contributed by atoms with van der Waals surface area (Å²) in [6.07, 6.45) is 1.60. The van der Waals surface area contributed by atoms with Crippen LogP contribution in [0.3, 0.4) is 0 Å². The molecule has 1 fully saturated rings.